The summed E-state index contributed by atoms with van der Waals surface area (Å²) in [5.74, 6) is 0.670. The summed E-state index contributed by atoms with van der Waals surface area (Å²) in [6.45, 7) is 0.463. The first kappa shape index (κ1) is 7.39. The molecule has 5 heteroatoms. The molecule has 0 saturated carbocycles. The second kappa shape index (κ2) is 2.36. The van der Waals surface area contributed by atoms with Crippen LogP contribution in [0, 0.1) is 0 Å². The number of aliphatic hydroxyl groups excluding tert-OH is 1. The van der Waals surface area contributed by atoms with Crippen LogP contribution in [0.15, 0.2) is 0 Å². The lowest BCUT2D eigenvalue weighted by molar-refractivity contribution is -0.146. The van der Waals surface area contributed by atoms with Gasteiger partial charge in [-0.1, -0.05) is 0 Å². The average Bonchev–Trinajstić information content (AvgIpc) is 2.03. The predicted molar refractivity (Wildman–Crippen MR) is 41.9 cm³/mol. The zero-order valence-corrected chi connectivity index (χ0v) is 6.75. The maximum absolute atomic E-state index is 11.0. The smallest absolute Gasteiger partial charge is 0.243 e. The summed E-state index contributed by atoms with van der Waals surface area (Å²) >= 11 is 1.56. The Labute approximate surface area is 68.7 Å². The number of thioether (sulfide) groups is 1. The zero-order valence-electron chi connectivity index (χ0n) is 5.93. The van der Waals surface area contributed by atoms with Crippen molar-refractivity contribution in [2.45, 2.75) is 17.5 Å². The lowest BCUT2D eigenvalue weighted by Gasteiger charge is -2.48. The van der Waals surface area contributed by atoms with Gasteiger partial charge < -0.3 is 15.7 Å². The molecule has 0 radical (unpaired) electrons. The van der Waals surface area contributed by atoms with Crippen LogP contribution in [0.2, 0.25) is 0 Å². The number of aliphatic hydroxyl groups is 1. The van der Waals surface area contributed by atoms with Gasteiger partial charge in [0.15, 0.2) is 0 Å². The van der Waals surface area contributed by atoms with Crippen LogP contribution < -0.4 is 5.73 Å². The van der Waals surface area contributed by atoms with Crippen molar-refractivity contribution < 1.29 is 9.90 Å². The van der Waals surface area contributed by atoms with E-state index >= 15 is 0 Å². The topological polar surface area (TPSA) is 66.6 Å². The fraction of sp³-hybridized carbons (Fsp3) is 0.833. The molecule has 2 heterocycles. The van der Waals surface area contributed by atoms with Gasteiger partial charge in [0, 0.05) is 12.3 Å². The Morgan fingerprint density at radius 2 is 2.45 bits per heavy atom. The monoisotopic (exact) mass is 174 g/mol. The highest BCUT2D eigenvalue weighted by atomic mass is 32.2. The Bertz CT molecular complexity index is 199. The molecule has 3 N–H and O–H groups in total. The number of amides is 1. The molecule has 62 valence electrons. The van der Waals surface area contributed by atoms with Crippen LogP contribution in [0.3, 0.4) is 0 Å². The van der Waals surface area contributed by atoms with Crippen molar-refractivity contribution in [2.24, 2.45) is 5.73 Å². The van der Waals surface area contributed by atoms with E-state index in [9.17, 15) is 9.90 Å². The summed E-state index contributed by atoms with van der Waals surface area (Å²) in [5.41, 5.74) is 5.53. The molecule has 0 aromatic heterocycles. The van der Waals surface area contributed by atoms with E-state index in [1.54, 1.807) is 16.7 Å². The molecule has 2 unspecified atom stereocenters. The predicted octanol–water partition coefficient (Wildman–Crippen LogP) is -1.41. The lowest BCUT2D eigenvalue weighted by Crippen LogP contribution is -2.70. The van der Waals surface area contributed by atoms with Gasteiger partial charge in [-0.2, -0.15) is 0 Å². The minimum atomic E-state index is -0.368. The van der Waals surface area contributed by atoms with Crippen LogP contribution in [0.1, 0.15) is 0 Å². The molecule has 0 spiro atoms. The quantitative estimate of drug-likeness (QED) is 0.443. The number of carbonyl (C=O) groups is 1. The van der Waals surface area contributed by atoms with Crippen molar-refractivity contribution in [3.8, 4) is 0 Å². The maximum atomic E-state index is 11.0. The summed E-state index contributed by atoms with van der Waals surface area (Å²) in [7, 11) is 0. The molecular weight excluding hydrogens is 164 g/mol. The van der Waals surface area contributed by atoms with Gasteiger partial charge in [-0.25, -0.2) is 0 Å². The first-order chi connectivity index (χ1) is 5.20. The maximum Gasteiger partial charge on any atom is 0.243 e. The van der Waals surface area contributed by atoms with E-state index in [-0.39, 0.29) is 23.4 Å². The fourth-order valence-electron chi connectivity index (χ4n) is 1.43. The Balaban J connectivity index is 2.04. The molecule has 0 bridgehead atoms. The summed E-state index contributed by atoms with van der Waals surface area (Å²) in [4.78, 5) is 12.7. The standard InChI is InChI=1S/C6H10N2O2S/c7-4-5(10)8-1-3(9)2-11-6(4)8/h3-4,6,9H,1-2,7H2/t3?,4?,6-/m1/s1. The van der Waals surface area contributed by atoms with Crippen molar-refractivity contribution in [1.29, 1.82) is 0 Å². The third kappa shape index (κ3) is 0.953. The van der Waals surface area contributed by atoms with Gasteiger partial charge in [0.05, 0.1) is 6.10 Å². The Hall–Kier alpha value is -0.260. The first-order valence-corrected chi connectivity index (χ1v) is 4.61. The van der Waals surface area contributed by atoms with Crippen molar-refractivity contribution in [2.75, 3.05) is 12.3 Å². The lowest BCUT2D eigenvalue weighted by atomic mass is 10.1. The van der Waals surface area contributed by atoms with Gasteiger partial charge in [-0.15, -0.1) is 11.8 Å². The van der Waals surface area contributed by atoms with E-state index in [1.165, 1.54) is 0 Å². The van der Waals surface area contributed by atoms with E-state index in [0.29, 0.717) is 12.3 Å². The zero-order chi connectivity index (χ0) is 8.01. The van der Waals surface area contributed by atoms with Crippen LogP contribution in [-0.2, 0) is 4.79 Å². The van der Waals surface area contributed by atoms with Gasteiger partial charge in [0.1, 0.15) is 11.4 Å². The molecule has 2 saturated heterocycles. The van der Waals surface area contributed by atoms with Gasteiger partial charge >= 0.3 is 0 Å². The molecule has 0 aromatic rings. The van der Waals surface area contributed by atoms with E-state index in [1.807, 2.05) is 0 Å². The molecule has 0 aliphatic carbocycles. The summed E-state index contributed by atoms with van der Waals surface area (Å²) in [6, 6.07) is -0.326. The van der Waals surface area contributed by atoms with Gasteiger partial charge in [0.25, 0.3) is 0 Å². The third-order valence-corrected chi connectivity index (χ3v) is 3.52. The van der Waals surface area contributed by atoms with Crippen LogP contribution in [0.5, 0.6) is 0 Å². The minimum Gasteiger partial charge on any atom is -0.390 e. The minimum absolute atomic E-state index is 0.0266. The molecule has 1 amide bonds. The average molecular weight is 174 g/mol. The number of β-lactam (4-membered cyclic amide) rings is 1. The van der Waals surface area contributed by atoms with Crippen molar-refractivity contribution >= 4 is 17.7 Å². The third-order valence-electron chi connectivity index (χ3n) is 2.05. The second-order valence-corrected chi connectivity index (χ2v) is 4.04. The fourth-order valence-corrected chi connectivity index (χ4v) is 2.65. The highest BCUT2D eigenvalue weighted by molar-refractivity contribution is 8.00. The molecule has 0 aromatic carbocycles. The summed E-state index contributed by atoms with van der Waals surface area (Å²) in [6.07, 6.45) is -0.368. The van der Waals surface area contributed by atoms with Crippen molar-refractivity contribution in [3.05, 3.63) is 0 Å². The normalized spacial score (nSPS) is 43.3. The highest BCUT2D eigenvalue weighted by Crippen LogP contribution is 2.33. The summed E-state index contributed by atoms with van der Waals surface area (Å²) < 4.78 is 0. The first-order valence-electron chi connectivity index (χ1n) is 3.56. The number of hydrogen-bond donors (Lipinski definition) is 2. The van der Waals surface area contributed by atoms with Crippen LogP contribution >= 0.6 is 11.8 Å². The molecule has 3 atom stereocenters. The molecule has 4 nitrogen and oxygen atoms in total. The molecule has 2 fully saturated rings. The molecule has 2 aliphatic rings. The largest absolute Gasteiger partial charge is 0.390 e. The number of hydrogen-bond acceptors (Lipinski definition) is 4. The molecular formula is C6H10N2O2S. The van der Waals surface area contributed by atoms with Gasteiger partial charge in [-0.05, 0) is 0 Å². The number of fused-ring (bicyclic) bond motifs is 1. The van der Waals surface area contributed by atoms with Gasteiger partial charge in [0.2, 0.25) is 5.91 Å². The Morgan fingerprint density at radius 1 is 1.73 bits per heavy atom. The number of nitrogens with two attached hydrogens (primary N) is 1. The number of rotatable bonds is 0. The second-order valence-electron chi connectivity index (χ2n) is 2.89. The molecule has 2 aliphatic heterocycles. The van der Waals surface area contributed by atoms with Crippen LogP contribution in [-0.4, -0.2) is 45.7 Å². The SMILES string of the molecule is NC1C(=O)N2CC(O)CS[C@H]12. The van der Waals surface area contributed by atoms with Crippen molar-refractivity contribution in [3.63, 3.8) is 0 Å². The Kier molecular flexibility index (Phi) is 1.59. The van der Waals surface area contributed by atoms with E-state index in [0.717, 1.165) is 0 Å². The number of nitrogens with zero attached hydrogens (tertiary/aromatic N) is 1. The van der Waals surface area contributed by atoms with E-state index in [2.05, 4.69) is 0 Å². The molecule has 11 heavy (non-hydrogen) atoms. The van der Waals surface area contributed by atoms with Gasteiger partial charge in [-0.3, -0.25) is 4.79 Å². The van der Waals surface area contributed by atoms with Crippen LogP contribution in [0.25, 0.3) is 0 Å². The number of carbonyl (C=O) groups excluding carboxylic acids is 1. The summed E-state index contributed by atoms with van der Waals surface area (Å²) in [5, 5.41) is 9.31. The van der Waals surface area contributed by atoms with E-state index in [4.69, 9.17) is 5.73 Å². The van der Waals surface area contributed by atoms with E-state index < -0.39 is 0 Å². The molecule has 2 rings (SSSR count). The van der Waals surface area contributed by atoms with Crippen LogP contribution in [0.4, 0.5) is 0 Å². The van der Waals surface area contributed by atoms with Crippen molar-refractivity contribution in [1.82, 2.24) is 4.90 Å². The Morgan fingerprint density at radius 3 is 3.18 bits per heavy atom. The highest BCUT2D eigenvalue weighted by Gasteiger charge is 2.48.